The van der Waals surface area contributed by atoms with Crippen molar-refractivity contribution >= 4 is 28.9 Å². The number of aliphatic hydroxyl groups is 2. The van der Waals surface area contributed by atoms with Crippen LogP contribution in [0.4, 0.5) is 11.4 Å². The molecule has 166 valence electrons. The lowest BCUT2D eigenvalue weighted by atomic mass is 9.82. The Morgan fingerprint density at radius 3 is 2.62 bits per heavy atom. The summed E-state index contributed by atoms with van der Waals surface area (Å²) in [6.07, 6.45) is 4.82. The molecule has 4 rings (SSSR count). The molecule has 2 aliphatic heterocycles. The second-order valence-electron chi connectivity index (χ2n) is 8.18. The van der Waals surface area contributed by atoms with E-state index in [4.69, 9.17) is 5.11 Å². The molecule has 0 saturated carbocycles. The largest absolute Gasteiger partial charge is 0.396 e. The normalized spacial score (nSPS) is 21.8. The topological polar surface area (TPSA) is 93.4 Å². The molecule has 0 saturated heterocycles. The molecule has 0 fully saturated rings. The van der Waals surface area contributed by atoms with Gasteiger partial charge in [0.2, 0.25) is 5.91 Å². The van der Waals surface area contributed by atoms with Crippen molar-refractivity contribution in [2.75, 3.05) is 23.6 Å². The number of nitrogens with zero attached hydrogens (tertiary/aromatic N) is 3. The van der Waals surface area contributed by atoms with Crippen LogP contribution in [0.5, 0.6) is 0 Å². The smallest absolute Gasteiger partial charge is 0.264 e. The summed E-state index contributed by atoms with van der Waals surface area (Å²) in [6, 6.07) is 14.9. The summed E-state index contributed by atoms with van der Waals surface area (Å²) in [5.41, 5.74) is 1.56. The minimum atomic E-state index is -1.77. The second-order valence-corrected chi connectivity index (χ2v) is 8.18. The van der Waals surface area contributed by atoms with Crippen molar-refractivity contribution in [2.24, 2.45) is 11.0 Å². The number of benzene rings is 2. The Balaban J connectivity index is 1.75. The molecule has 2 aromatic rings. The van der Waals surface area contributed by atoms with Crippen molar-refractivity contribution in [2.45, 2.75) is 31.8 Å². The summed E-state index contributed by atoms with van der Waals surface area (Å²) in [7, 11) is 1.63. The van der Waals surface area contributed by atoms with Crippen LogP contribution in [0.25, 0.3) is 0 Å². The maximum absolute atomic E-state index is 13.0. The van der Waals surface area contributed by atoms with Crippen molar-refractivity contribution in [3.05, 3.63) is 71.8 Å². The molecule has 32 heavy (non-hydrogen) atoms. The molecule has 2 amide bonds. The summed E-state index contributed by atoms with van der Waals surface area (Å²) >= 11 is 0. The van der Waals surface area contributed by atoms with Crippen LogP contribution in [-0.4, -0.2) is 41.4 Å². The van der Waals surface area contributed by atoms with Gasteiger partial charge in [-0.2, -0.15) is 5.10 Å². The number of fused-ring (bicyclic) bond motifs is 1. The van der Waals surface area contributed by atoms with Gasteiger partial charge in [0, 0.05) is 38.0 Å². The number of likely N-dealkylation sites (N-methyl/N-ethyl adjacent to an activating group) is 1. The Labute approximate surface area is 187 Å². The molecule has 0 bridgehead atoms. The summed E-state index contributed by atoms with van der Waals surface area (Å²) < 4.78 is 0. The molecular weight excluding hydrogens is 406 g/mol. The molecule has 2 atom stereocenters. The minimum Gasteiger partial charge on any atom is -0.396 e. The van der Waals surface area contributed by atoms with Crippen LogP contribution in [0, 0.1) is 5.92 Å². The van der Waals surface area contributed by atoms with E-state index < -0.39 is 17.4 Å². The number of carbonyl (C=O) groups excluding carboxylic acids is 2. The first-order chi connectivity index (χ1) is 15.4. The lowest BCUT2D eigenvalue weighted by Gasteiger charge is -2.28. The zero-order chi connectivity index (χ0) is 22.9. The molecule has 0 spiro atoms. The predicted molar refractivity (Wildman–Crippen MR) is 123 cm³/mol. The Kier molecular flexibility index (Phi) is 5.95. The zero-order valence-corrected chi connectivity index (χ0v) is 18.2. The molecule has 0 aromatic heterocycles. The highest BCUT2D eigenvalue weighted by Gasteiger charge is 2.51. The van der Waals surface area contributed by atoms with Crippen LogP contribution in [0.3, 0.4) is 0 Å². The minimum absolute atomic E-state index is 0.00490. The third kappa shape index (κ3) is 3.63. The molecule has 2 aromatic carbocycles. The third-order valence-corrected chi connectivity index (χ3v) is 6.15. The summed E-state index contributed by atoms with van der Waals surface area (Å²) in [5, 5.41) is 26.5. The summed E-state index contributed by atoms with van der Waals surface area (Å²) in [5.74, 6) is -1.09. The maximum atomic E-state index is 13.0. The Hall–Kier alpha value is -3.29. The van der Waals surface area contributed by atoms with Crippen molar-refractivity contribution in [3.8, 4) is 0 Å². The number of hydrazone groups is 1. The van der Waals surface area contributed by atoms with E-state index in [1.807, 2.05) is 30.3 Å². The first-order valence-corrected chi connectivity index (χ1v) is 10.8. The van der Waals surface area contributed by atoms with Crippen LogP contribution < -0.4 is 9.91 Å². The van der Waals surface area contributed by atoms with Gasteiger partial charge >= 0.3 is 0 Å². The Bertz CT molecular complexity index is 1100. The van der Waals surface area contributed by atoms with Crippen LogP contribution in [0.1, 0.15) is 37.3 Å². The number of hydrogen-bond acceptors (Lipinski definition) is 5. The second kappa shape index (κ2) is 8.68. The Morgan fingerprint density at radius 2 is 1.91 bits per heavy atom. The average Bonchev–Trinajstić information content (AvgIpc) is 3.01. The fourth-order valence-electron chi connectivity index (χ4n) is 4.28. The van der Waals surface area contributed by atoms with E-state index in [9.17, 15) is 14.7 Å². The molecule has 0 radical (unpaired) electrons. The van der Waals surface area contributed by atoms with E-state index >= 15 is 0 Å². The lowest BCUT2D eigenvalue weighted by molar-refractivity contribution is -0.139. The number of carbonyl (C=O) groups is 2. The van der Waals surface area contributed by atoms with Crippen LogP contribution in [0.15, 0.2) is 65.8 Å². The van der Waals surface area contributed by atoms with E-state index in [0.717, 1.165) is 11.3 Å². The average molecular weight is 434 g/mol. The van der Waals surface area contributed by atoms with Gasteiger partial charge in [0.1, 0.15) is 0 Å². The maximum Gasteiger partial charge on any atom is 0.264 e. The molecule has 2 aliphatic rings. The van der Waals surface area contributed by atoms with E-state index in [-0.39, 0.29) is 12.5 Å². The highest BCUT2D eigenvalue weighted by Crippen LogP contribution is 2.46. The summed E-state index contributed by atoms with van der Waals surface area (Å²) in [6.45, 7) is 1.76. The van der Waals surface area contributed by atoms with Crippen molar-refractivity contribution in [3.63, 3.8) is 0 Å². The van der Waals surface area contributed by atoms with E-state index in [0.29, 0.717) is 36.2 Å². The van der Waals surface area contributed by atoms with Gasteiger partial charge in [-0.05, 0) is 30.2 Å². The number of rotatable bonds is 6. The molecule has 7 heteroatoms. The summed E-state index contributed by atoms with van der Waals surface area (Å²) in [4.78, 5) is 27.2. The van der Waals surface area contributed by atoms with E-state index in [1.54, 1.807) is 44.3 Å². The molecular formula is C25H27N3O4. The molecule has 0 unspecified atom stereocenters. The van der Waals surface area contributed by atoms with E-state index in [2.05, 4.69) is 5.10 Å². The first-order valence-electron chi connectivity index (χ1n) is 10.8. The van der Waals surface area contributed by atoms with Gasteiger partial charge in [0.15, 0.2) is 5.60 Å². The van der Waals surface area contributed by atoms with Crippen molar-refractivity contribution < 1.29 is 19.8 Å². The standard InChI is InChI=1S/C25H27N3O4/c1-17(8-6-7-15-29)25(32)20-16-19(11-13-22(20)27(2)24(25)31)28-23(30)14-12-21(26-28)18-9-4-3-5-10-18/h3-6,8-11,13,16-17,29,32H,7,12,14-15H2,1-2H3/b8-6+/t17-,25+/m1/s1. The van der Waals surface area contributed by atoms with Gasteiger partial charge in [0.05, 0.1) is 17.1 Å². The number of aliphatic hydroxyl groups excluding tert-OH is 1. The van der Waals surface area contributed by atoms with Gasteiger partial charge < -0.3 is 15.1 Å². The fraction of sp³-hybridized carbons (Fsp3) is 0.320. The highest BCUT2D eigenvalue weighted by atomic mass is 16.3. The SMILES string of the molecule is C[C@H](/C=C/CCO)[C@@]1(O)C(=O)N(C)c2ccc(N3N=C(c4ccccc4)CCC3=O)cc21. The van der Waals surface area contributed by atoms with Gasteiger partial charge in [-0.25, -0.2) is 5.01 Å². The number of hydrogen-bond donors (Lipinski definition) is 2. The molecule has 2 N–H and O–H groups in total. The fourth-order valence-corrected chi connectivity index (χ4v) is 4.28. The van der Waals surface area contributed by atoms with Crippen molar-refractivity contribution in [1.29, 1.82) is 0 Å². The molecule has 0 aliphatic carbocycles. The first kappa shape index (κ1) is 21.9. The lowest BCUT2D eigenvalue weighted by Crippen LogP contribution is -2.43. The van der Waals surface area contributed by atoms with E-state index in [1.165, 1.54) is 9.91 Å². The van der Waals surface area contributed by atoms with Crippen LogP contribution >= 0.6 is 0 Å². The van der Waals surface area contributed by atoms with Crippen LogP contribution in [-0.2, 0) is 15.2 Å². The number of amides is 2. The monoisotopic (exact) mass is 433 g/mol. The Morgan fingerprint density at radius 1 is 1.16 bits per heavy atom. The van der Waals surface area contributed by atoms with Gasteiger partial charge in [0.25, 0.3) is 5.91 Å². The third-order valence-electron chi connectivity index (χ3n) is 6.15. The van der Waals surface area contributed by atoms with Gasteiger partial charge in [-0.1, -0.05) is 49.4 Å². The van der Waals surface area contributed by atoms with Crippen LogP contribution in [0.2, 0.25) is 0 Å². The van der Waals surface area contributed by atoms with Crippen molar-refractivity contribution in [1.82, 2.24) is 0 Å². The highest BCUT2D eigenvalue weighted by molar-refractivity contribution is 6.10. The zero-order valence-electron chi connectivity index (χ0n) is 18.2. The number of anilines is 2. The van der Waals surface area contributed by atoms with Gasteiger partial charge in [-0.3, -0.25) is 9.59 Å². The molecule has 2 heterocycles. The quantitative estimate of drug-likeness (QED) is 0.685. The predicted octanol–water partition coefficient (Wildman–Crippen LogP) is 2.96. The molecule has 7 nitrogen and oxygen atoms in total. The van der Waals surface area contributed by atoms with Gasteiger partial charge in [-0.15, -0.1) is 0 Å².